The van der Waals surface area contributed by atoms with E-state index in [4.69, 9.17) is 11.6 Å². The molecule has 0 aromatic heterocycles. The third kappa shape index (κ3) is 2.59. The highest BCUT2D eigenvalue weighted by molar-refractivity contribution is 6.30. The summed E-state index contributed by atoms with van der Waals surface area (Å²) in [6.45, 7) is 1.58. The average molecular weight is 224 g/mol. The van der Waals surface area contributed by atoms with E-state index in [0.717, 1.165) is 22.7 Å². The van der Waals surface area contributed by atoms with Crippen molar-refractivity contribution >= 4 is 17.2 Å². The van der Waals surface area contributed by atoms with Crippen LogP contribution in [-0.4, -0.2) is 36.2 Å². The molecule has 0 spiro atoms. The van der Waals surface area contributed by atoms with Gasteiger partial charge in [-0.05, 0) is 36.4 Å². The molecule has 0 saturated carbocycles. The van der Waals surface area contributed by atoms with Crippen LogP contribution < -0.4 is 0 Å². The van der Waals surface area contributed by atoms with E-state index >= 15 is 0 Å². The van der Waals surface area contributed by atoms with Crippen molar-refractivity contribution in [1.29, 1.82) is 0 Å². The summed E-state index contributed by atoms with van der Waals surface area (Å²) in [5.41, 5.74) is 2.29. The minimum Gasteiger partial charge on any atom is -0.388 e. The van der Waals surface area contributed by atoms with Gasteiger partial charge in [-0.15, -0.1) is 0 Å². The third-order valence-corrected chi connectivity index (χ3v) is 2.80. The average Bonchev–Trinajstić information content (AvgIpc) is 2.17. The van der Waals surface area contributed by atoms with E-state index in [1.54, 1.807) is 0 Å². The highest BCUT2D eigenvalue weighted by Gasteiger charge is 2.15. The fourth-order valence-corrected chi connectivity index (χ4v) is 1.99. The van der Waals surface area contributed by atoms with Crippen LogP contribution in [0, 0.1) is 0 Å². The van der Waals surface area contributed by atoms with Gasteiger partial charge in [0, 0.05) is 18.1 Å². The normalized spacial score (nSPS) is 22.6. The maximum atomic E-state index is 9.62. The zero-order chi connectivity index (χ0) is 10.8. The molecule has 1 N–H and O–H groups in total. The number of benzene rings is 1. The van der Waals surface area contributed by atoms with Gasteiger partial charge in [0.1, 0.15) is 0 Å². The van der Waals surface area contributed by atoms with E-state index in [1.165, 1.54) is 0 Å². The summed E-state index contributed by atoms with van der Waals surface area (Å²) in [4.78, 5) is 2.11. The highest BCUT2D eigenvalue weighted by Crippen LogP contribution is 2.21. The Morgan fingerprint density at radius 1 is 1.33 bits per heavy atom. The zero-order valence-electron chi connectivity index (χ0n) is 8.65. The van der Waals surface area contributed by atoms with Crippen LogP contribution in [0.25, 0.3) is 5.57 Å². The monoisotopic (exact) mass is 223 g/mol. The molecule has 1 atom stereocenters. The van der Waals surface area contributed by atoms with Gasteiger partial charge in [-0.2, -0.15) is 0 Å². The first-order chi connectivity index (χ1) is 7.15. The number of nitrogens with zero attached hydrogens (tertiary/aromatic N) is 1. The van der Waals surface area contributed by atoms with Gasteiger partial charge in [0.2, 0.25) is 0 Å². The maximum absolute atomic E-state index is 9.62. The number of halogens is 1. The second-order valence-electron chi connectivity index (χ2n) is 3.96. The number of rotatable bonds is 1. The van der Waals surface area contributed by atoms with Gasteiger partial charge >= 0.3 is 0 Å². The van der Waals surface area contributed by atoms with Crippen molar-refractivity contribution in [3.63, 3.8) is 0 Å². The molecule has 2 rings (SSSR count). The Balaban J connectivity index is 2.26. The summed E-state index contributed by atoms with van der Waals surface area (Å²) >= 11 is 5.83. The van der Waals surface area contributed by atoms with E-state index < -0.39 is 0 Å². The quantitative estimate of drug-likeness (QED) is 0.788. The Hall–Kier alpha value is -0.830. The Morgan fingerprint density at radius 2 is 2.00 bits per heavy atom. The summed E-state index contributed by atoms with van der Waals surface area (Å²) in [6.07, 6.45) is 1.55. The second kappa shape index (κ2) is 4.35. The molecule has 3 heteroatoms. The van der Waals surface area contributed by atoms with Gasteiger partial charge in [0.25, 0.3) is 0 Å². The van der Waals surface area contributed by atoms with Crippen LogP contribution in [0.15, 0.2) is 30.3 Å². The van der Waals surface area contributed by atoms with Crippen molar-refractivity contribution in [2.24, 2.45) is 0 Å². The topological polar surface area (TPSA) is 23.5 Å². The number of hydrogen-bond acceptors (Lipinski definition) is 2. The van der Waals surface area contributed by atoms with E-state index in [9.17, 15) is 5.11 Å². The molecule has 0 amide bonds. The van der Waals surface area contributed by atoms with Crippen LogP contribution in [0.1, 0.15) is 5.56 Å². The molecule has 2 nitrogen and oxygen atoms in total. The third-order valence-electron chi connectivity index (χ3n) is 2.55. The summed E-state index contributed by atoms with van der Waals surface area (Å²) < 4.78 is 0. The molecule has 1 aromatic rings. The van der Waals surface area contributed by atoms with Crippen molar-refractivity contribution in [2.75, 3.05) is 20.1 Å². The predicted molar refractivity (Wildman–Crippen MR) is 62.9 cm³/mol. The summed E-state index contributed by atoms with van der Waals surface area (Å²) in [7, 11) is 2.01. The Labute approximate surface area is 94.8 Å². The van der Waals surface area contributed by atoms with Crippen LogP contribution in [0.4, 0.5) is 0 Å². The van der Waals surface area contributed by atoms with Gasteiger partial charge < -0.3 is 5.11 Å². The second-order valence-corrected chi connectivity index (χ2v) is 4.40. The molecule has 1 heterocycles. The lowest BCUT2D eigenvalue weighted by atomic mass is 10.0. The largest absolute Gasteiger partial charge is 0.388 e. The molecule has 15 heavy (non-hydrogen) atoms. The molecular weight excluding hydrogens is 210 g/mol. The van der Waals surface area contributed by atoms with Crippen LogP contribution in [0.3, 0.4) is 0 Å². The van der Waals surface area contributed by atoms with Crippen LogP contribution in [0.2, 0.25) is 5.02 Å². The molecule has 0 fully saturated rings. The fraction of sp³-hybridized carbons (Fsp3) is 0.333. The van der Waals surface area contributed by atoms with E-state index in [0.29, 0.717) is 6.54 Å². The van der Waals surface area contributed by atoms with Crippen LogP contribution in [0.5, 0.6) is 0 Å². The molecular formula is C12H14ClNO. The smallest absolute Gasteiger partial charge is 0.0854 e. The first kappa shape index (κ1) is 10.7. The van der Waals surface area contributed by atoms with E-state index in [-0.39, 0.29) is 6.10 Å². The van der Waals surface area contributed by atoms with Gasteiger partial charge in [0.05, 0.1) is 6.10 Å². The zero-order valence-corrected chi connectivity index (χ0v) is 9.41. The van der Waals surface area contributed by atoms with Gasteiger partial charge in [-0.25, -0.2) is 0 Å². The number of β-amino-alcohol motifs (C(OH)–C–C–N with tert-alkyl or cyclic N) is 1. The summed E-state index contributed by atoms with van der Waals surface area (Å²) in [5.74, 6) is 0. The van der Waals surface area contributed by atoms with Gasteiger partial charge in [-0.1, -0.05) is 23.7 Å². The molecule has 80 valence electrons. The summed E-state index contributed by atoms with van der Waals surface area (Å²) in [6, 6.07) is 7.72. The van der Waals surface area contributed by atoms with Crippen LogP contribution >= 0.6 is 11.6 Å². The van der Waals surface area contributed by atoms with Crippen molar-refractivity contribution in [2.45, 2.75) is 6.10 Å². The minimum absolute atomic E-state index is 0.366. The molecule has 1 unspecified atom stereocenters. The number of likely N-dealkylation sites (N-methyl/N-ethyl adjacent to an activating group) is 1. The standard InChI is InChI=1S/C12H14ClNO/c1-14-7-10(6-12(15)8-14)9-2-4-11(13)5-3-9/h2-6,12,15H,7-8H2,1H3. The molecule has 0 saturated heterocycles. The molecule has 1 aliphatic heterocycles. The first-order valence-electron chi connectivity index (χ1n) is 4.98. The number of hydrogen-bond donors (Lipinski definition) is 1. The fourth-order valence-electron chi connectivity index (χ4n) is 1.86. The summed E-state index contributed by atoms with van der Waals surface area (Å²) in [5, 5.41) is 10.4. The number of aliphatic hydroxyl groups is 1. The Kier molecular flexibility index (Phi) is 3.10. The van der Waals surface area contributed by atoms with E-state index in [1.807, 2.05) is 37.4 Å². The first-order valence-corrected chi connectivity index (χ1v) is 5.36. The highest BCUT2D eigenvalue weighted by atomic mass is 35.5. The number of aliphatic hydroxyl groups excluding tert-OH is 1. The lowest BCUT2D eigenvalue weighted by Crippen LogP contribution is -2.33. The van der Waals surface area contributed by atoms with Crippen molar-refractivity contribution in [3.05, 3.63) is 40.9 Å². The lowest BCUT2D eigenvalue weighted by Gasteiger charge is -2.26. The predicted octanol–water partition coefficient (Wildman–Crippen LogP) is 2.03. The molecule has 0 radical (unpaired) electrons. The SMILES string of the molecule is CN1CC(c2ccc(Cl)cc2)=CC(O)C1. The van der Waals surface area contributed by atoms with Gasteiger partial charge in [0.15, 0.2) is 0 Å². The lowest BCUT2D eigenvalue weighted by molar-refractivity contribution is 0.164. The minimum atomic E-state index is -0.366. The molecule has 1 aliphatic rings. The van der Waals surface area contributed by atoms with Crippen molar-refractivity contribution < 1.29 is 5.11 Å². The Bertz CT molecular complexity index is 372. The maximum Gasteiger partial charge on any atom is 0.0854 e. The van der Waals surface area contributed by atoms with Crippen LogP contribution in [-0.2, 0) is 0 Å². The van der Waals surface area contributed by atoms with Crippen molar-refractivity contribution in [1.82, 2.24) is 4.90 Å². The van der Waals surface area contributed by atoms with Gasteiger partial charge in [-0.3, -0.25) is 4.90 Å². The van der Waals surface area contributed by atoms with Crippen molar-refractivity contribution in [3.8, 4) is 0 Å². The Morgan fingerprint density at radius 3 is 2.60 bits per heavy atom. The molecule has 0 bridgehead atoms. The molecule has 1 aromatic carbocycles. The molecule has 0 aliphatic carbocycles. The van der Waals surface area contributed by atoms with E-state index in [2.05, 4.69) is 4.90 Å².